The fourth-order valence-electron chi connectivity index (χ4n) is 5.42. The molecule has 1 unspecified atom stereocenters. The van der Waals surface area contributed by atoms with Gasteiger partial charge in [0.15, 0.2) is 0 Å². The second-order valence-electron chi connectivity index (χ2n) is 9.36. The lowest BCUT2D eigenvalue weighted by Crippen LogP contribution is -2.45. The molecule has 0 saturated carbocycles. The molecular weight excluding hydrogens is 452 g/mol. The Morgan fingerprint density at radius 1 is 1.18 bits per heavy atom. The standard InChI is InChI=1S/C25H30N4O4S/c1-16-11-18-12-20(34(26,31)32)4-6-24(18)29(16)25(30)15-28-9-7-17(8-10-28)22-14-27-23-5-3-19(33-2)13-21(22)23/h3-6,12-14,16-17,27H,7-11,15H2,1-2H3,(H2,26,31,32). The van der Waals surface area contributed by atoms with Gasteiger partial charge in [0.05, 0.1) is 18.6 Å². The van der Waals surface area contributed by atoms with Crippen LogP contribution in [0.4, 0.5) is 5.69 Å². The molecule has 0 radical (unpaired) electrons. The number of benzene rings is 2. The van der Waals surface area contributed by atoms with Gasteiger partial charge in [-0.25, -0.2) is 13.6 Å². The third kappa shape index (κ3) is 4.19. The van der Waals surface area contributed by atoms with Crippen molar-refractivity contribution in [1.29, 1.82) is 0 Å². The summed E-state index contributed by atoms with van der Waals surface area (Å²) in [4.78, 5) is 20.7. The highest BCUT2D eigenvalue weighted by Crippen LogP contribution is 2.36. The highest BCUT2D eigenvalue weighted by atomic mass is 32.2. The number of ether oxygens (including phenoxy) is 1. The molecular formula is C25H30N4O4S. The molecule has 8 nitrogen and oxygen atoms in total. The third-order valence-electron chi connectivity index (χ3n) is 7.17. The summed E-state index contributed by atoms with van der Waals surface area (Å²) >= 11 is 0. The second-order valence-corrected chi connectivity index (χ2v) is 10.9. The van der Waals surface area contributed by atoms with E-state index in [1.54, 1.807) is 24.1 Å². The molecule has 2 aromatic carbocycles. The number of hydrogen-bond acceptors (Lipinski definition) is 5. The minimum atomic E-state index is -3.76. The van der Waals surface area contributed by atoms with E-state index >= 15 is 0 Å². The van der Waals surface area contributed by atoms with Crippen LogP contribution in [-0.2, 0) is 21.2 Å². The van der Waals surface area contributed by atoms with Crippen LogP contribution in [0.5, 0.6) is 5.75 Å². The Hall–Kier alpha value is -2.88. The summed E-state index contributed by atoms with van der Waals surface area (Å²) in [6.45, 7) is 4.06. The molecule has 34 heavy (non-hydrogen) atoms. The summed E-state index contributed by atoms with van der Waals surface area (Å²) in [5.41, 5.74) is 4.06. The van der Waals surface area contributed by atoms with Crippen LogP contribution in [0.15, 0.2) is 47.5 Å². The fourth-order valence-corrected chi connectivity index (χ4v) is 5.98. The number of primary sulfonamides is 1. The number of aromatic amines is 1. The maximum absolute atomic E-state index is 13.2. The number of piperidine rings is 1. The van der Waals surface area contributed by atoms with Crippen LogP contribution >= 0.6 is 0 Å². The number of methoxy groups -OCH3 is 1. The molecule has 3 aromatic rings. The largest absolute Gasteiger partial charge is 0.497 e. The number of hydrogen-bond donors (Lipinski definition) is 2. The van der Waals surface area contributed by atoms with Crippen molar-refractivity contribution in [3.05, 3.63) is 53.7 Å². The molecule has 1 fully saturated rings. The molecule has 2 aliphatic rings. The smallest absolute Gasteiger partial charge is 0.241 e. The predicted octanol–water partition coefficient (Wildman–Crippen LogP) is 2.98. The molecule has 1 amide bonds. The molecule has 180 valence electrons. The molecule has 0 spiro atoms. The SMILES string of the molecule is COc1ccc2[nH]cc(C3CCN(CC(=O)N4c5ccc(S(N)(=O)=O)cc5CC4C)CC3)c2c1. The fraction of sp³-hybridized carbons (Fsp3) is 0.400. The Morgan fingerprint density at radius 2 is 1.94 bits per heavy atom. The maximum atomic E-state index is 13.2. The zero-order chi connectivity index (χ0) is 24.0. The number of fused-ring (bicyclic) bond motifs is 2. The number of carbonyl (C=O) groups excluding carboxylic acids is 1. The Morgan fingerprint density at radius 3 is 2.65 bits per heavy atom. The predicted molar refractivity (Wildman–Crippen MR) is 132 cm³/mol. The van der Waals surface area contributed by atoms with Crippen LogP contribution < -0.4 is 14.8 Å². The maximum Gasteiger partial charge on any atom is 0.241 e. The summed E-state index contributed by atoms with van der Waals surface area (Å²) in [7, 11) is -2.08. The normalized spacial score (nSPS) is 19.5. The Labute approximate surface area is 199 Å². The summed E-state index contributed by atoms with van der Waals surface area (Å²) in [5, 5.41) is 6.48. The van der Waals surface area contributed by atoms with Crippen molar-refractivity contribution in [2.45, 2.75) is 43.0 Å². The quantitative estimate of drug-likeness (QED) is 0.581. The van der Waals surface area contributed by atoms with Crippen molar-refractivity contribution >= 4 is 32.5 Å². The van der Waals surface area contributed by atoms with Gasteiger partial charge in [-0.05, 0) is 92.7 Å². The van der Waals surface area contributed by atoms with Crippen LogP contribution in [0.25, 0.3) is 10.9 Å². The van der Waals surface area contributed by atoms with E-state index in [0.717, 1.165) is 48.4 Å². The zero-order valence-electron chi connectivity index (χ0n) is 19.5. The van der Waals surface area contributed by atoms with Gasteiger partial charge in [-0.2, -0.15) is 0 Å². The number of nitrogens with one attached hydrogen (secondary N) is 1. The number of aromatic nitrogens is 1. The van der Waals surface area contributed by atoms with Gasteiger partial charge in [-0.15, -0.1) is 0 Å². The van der Waals surface area contributed by atoms with Crippen LogP contribution in [0.1, 0.15) is 36.8 Å². The number of H-pyrrole nitrogens is 1. The number of likely N-dealkylation sites (tertiary alicyclic amines) is 1. The van der Waals surface area contributed by atoms with Gasteiger partial charge < -0.3 is 14.6 Å². The van der Waals surface area contributed by atoms with Gasteiger partial charge in [0, 0.05) is 28.8 Å². The van der Waals surface area contributed by atoms with Crippen molar-refractivity contribution in [1.82, 2.24) is 9.88 Å². The average Bonchev–Trinajstić information content (AvgIpc) is 3.38. The number of carbonyl (C=O) groups is 1. The first-order valence-corrected chi connectivity index (χ1v) is 13.1. The Balaban J connectivity index is 1.25. The van der Waals surface area contributed by atoms with Crippen molar-refractivity contribution in [3.8, 4) is 5.75 Å². The monoisotopic (exact) mass is 482 g/mol. The average molecular weight is 483 g/mol. The zero-order valence-corrected chi connectivity index (χ0v) is 20.3. The van der Waals surface area contributed by atoms with Crippen LogP contribution in [-0.4, -0.2) is 57.0 Å². The molecule has 0 aliphatic carbocycles. The van der Waals surface area contributed by atoms with Gasteiger partial charge in [0.25, 0.3) is 0 Å². The van der Waals surface area contributed by atoms with Gasteiger partial charge in [0.1, 0.15) is 5.75 Å². The van der Waals surface area contributed by atoms with E-state index in [4.69, 9.17) is 9.88 Å². The molecule has 1 atom stereocenters. The van der Waals surface area contributed by atoms with E-state index in [1.807, 2.05) is 19.1 Å². The van der Waals surface area contributed by atoms with Gasteiger partial charge in [-0.1, -0.05) is 0 Å². The van der Waals surface area contributed by atoms with E-state index in [1.165, 1.54) is 17.0 Å². The minimum absolute atomic E-state index is 0.0167. The number of amides is 1. The first-order valence-electron chi connectivity index (χ1n) is 11.6. The highest BCUT2D eigenvalue weighted by Gasteiger charge is 2.33. The van der Waals surface area contributed by atoms with Gasteiger partial charge in [-0.3, -0.25) is 9.69 Å². The number of sulfonamides is 1. The number of nitrogens with two attached hydrogens (primary N) is 1. The number of anilines is 1. The summed E-state index contributed by atoms with van der Waals surface area (Å²) in [6.07, 6.45) is 4.70. The van der Waals surface area contributed by atoms with Gasteiger partial charge >= 0.3 is 0 Å². The summed E-state index contributed by atoms with van der Waals surface area (Å²) in [5.74, 6) is 1.34. The van der Waals surface area contributed by atoms with Crippen molar-refractivity contribution in [2.24, 2.45) is 5.14 Å². The number of nitrogens with zero attached hydrogens (tertiary/aromatic N) is 2. The summed E-state index contributed by atoms with van der Waals surface area (Å²) in [6, 6.07) is 10.9. The van der Waals surface area contributed by atoms with Crippen LogP contribution in [0, 0.1) is 0 Å². The van der Waals surface area contributed by atoms with E-state index in [2.05, 4.69) is 22.1 Å². The molecule has 9 heteroatoms. The van der Waals surface area contributed by atoms with Gasteiger partial charge in [0.2, 0.25) is 15.9 Å². The lowest BCUT2D eigenvalue weighted by atomic mass is 9.89. The Kier molecular flexibility index (Phi) is 5.87. The van der Waals surface area contributed by atoms with Crippen LogP contribution in [0.3, 0.4) is 0 Å². The number of rotatable bonds is 5. The minimum Gasteiger partial charge on any atom is -0.497 e. The molecule has 0 bridgehead atoms. The van der Waals surface area contributed by atoms with E-state index in [-0.39, 0.29) is 16.8 Å². The van der Waals surface area contributed by atoms with Crippen molar-refractivity contribution in [3.63, 3.8) is 0 Å². The highest BCUT2D eigenvalue weighted by molar-refractivity contribution is 7.89. The van der Waals surface area contributed by atoms with Crippen molar-refractivity contribution in [2.75, 3.05) is 31.6 Å². The Bertz CT molecular complexity index is 1340. The first kappa shape index (κ1) is 22.9. The van der Waals surface area contributed by atoms with E-state index < -0.39 is 10.0 Å². The molecule has 2 aliphatic heterocycles. The molecule has 1 saturated heterocycles. The van der Waals surface area contributed by atoms with E-state index in [9.17, 15) is 13.2 Å². The first-order chi connectivity index (χ1) is 16.2. The van der Waals surface area contributed by atoms with Crippen LogP contribution in [0.2, 0.25) is 0 Å². The third-order valence-corrected chi connectivity index (χ3v) is 8.08. The second kappa shape index (κ2) is 8.72. The lowest BCUT2D eigenvalue weighted by Gasteiger charge is -2.33. The lowest BCUT2D eigenvalue weighted by molar-refractivity contribution is -0.120. The summed E-state index contributed by atoms with van der Waals surface area (Å²) < 4.78 is 28.8. The van der Waals surface area contributed by atoms with Crippen molar-refractivity contribution < 1.29 is 17.9 Å². The molecule has 3 heterocycles. The molecule has 5 rings (SSSR count). The molecule has 1 aromatic heterocycles. The topological polar surface area (TPSA) is 109 Å². The molecule has 3 N–H and O–H groups in total. The van der Waals surface area contributed by atoms with E-state index in [0.29, 0.717) is 18.9 Å².